The summed E-state index contributed by atoms with van der Waals surface area (Å²) < 4.78 is 26.2. The molecular weight excluding hydrogens is 989 g/mol. The molecule has 2 aliphatic heterocycles. The average molecular weight is 1080 g/mol. The number of ether oxygens (including phenoxy) is 3. The number of nitrogens with zero attached hydrogens (tertiary/aromatic N) is 7. The SMILES string of the molecule is CCN(CC)c1ccc2c(-c3ccccc3C(=O)NOCc3cccc(CN4CCN(CC(=O)OC(C)(C)C)CCN(CC(=O)OC(C)(C)C)CCN(CC(=O)OC(C)(C)C)CC4)n3)c3ccc(=[N+](CC)CC)cc-3oc2c1. The number of anilines is 1. The van der Waals surface area contributed by atoms with Gasteiger partial charge in [0.25, 0.3) is 5.91 Å². The van der Waals surface area contributed by atoms with Crippen LogP contribution in [0.3, 0.4) is 0 Å². The molecule has 17 nitrogen and oxygen atoms in total. The summed E-state index contributed by atoms with van der Waals surface area (Å²) in [5.74, 6) is -0.686. The highest BCUT2D eigenvalue weighted by molar-refractivity contribution is 6.09. The number of rotatable bonds is 18. The molecule has 1 saturated heterocycles. The van der Waals surface area contributed by atoms with E-state index in [1.807, 2.05) is 110 Å². The third-order valence-electron chi connectivity index (χ3n) is 13.3. The second-order valence-corrected chi connectivity index (χ2v) is 22.9. The quantitative estimate of drug-likeness (QED) is 0.0297. The number of pyridine rings is 1. The summed E-state index contributed by atoms with van der Waals surface area (Å²) in [4.78, 5) is 75.6. The van der Waals surface area contributed by atoms with Crippen LogP contribution in [-0.4, -0.2) is 163 Å². The van der Waals surface area contributed by atoms with Crippen molar-refractivity contribution in [3.63, 3.8) is 0 Å². The van der Waals surface area contributed by atoms with Gasteiger partial charge in [0, 0.05) is 112 Å². The molecule has 1 aromatic heterocycles. The predicted molar refractivity (Wildman–Crippen MR) is 307 cm³/mol. The van der Waals surface area contributed by atoms with Crippen LogP contribution < -0.4 is 20.3 Å². The molecule has 0 unspecified atom stereocenters. The van der Waals surface area contributed by atoms with E-state index >= 15 is 0 Å². The Morgan fingerprint density at radius 3 is 1.63 bits per heavy atom. The Morgan fingerprint density at radius 2 is 1.12 bits per heavy atom. The number of fused-ring (bicyclic) bond motifs is 2. The van der Waals surface area contributed by atoms with E-state index in [2.05, 4.69) is 93.7 Å². The molecule has 1 N–H and O–H groups in total. The lowest BCUT2D eigenvalue weighted by atomic mass is 9.90. The van der Waals surface area contributed by atoms with Crippen LogP contribution in [-0.2, 0) is 46.6 Å². The summed E-state index contributed by atoms with van der Waals surface area (Å²) in [6.45, 7) is 33.3. The maximum atomic E-state index is 14.3. The van der Waals surface area contributed by atoms with E-state index in [0.717, 1.165) is 76.3 Å². The molecule has 3 heterocycles. The Kier molecular flexibility index (Phi) is 21.6. The van der Waals surface area contributed by atoms with E-state index in [4.69, 9.17) is 28.4 Å². The number of benzene rings is 3. The van der Waals surface area contributed by atoms with Crippen molar-refractivity contribution in [2.24, 2.45) is 0 Å². The van der Waals surface area contributed by atoms with Crippen molar-refractivity contribution in [1.82, 2.24) is 34.6 Å². The fraction of sp³-hybridized carbons (Fsp3) is 0.541. The molecule has 0 saturated carbocycles. The van der Waals surface area contributed by atoms with Crippen molar-refractivity contribution in [1.29, 1.82) is 0 Å². The molecule has 1 aliphatic carbocycles. The molecule has 3 aliphatic rings. The van der Waals surface area contributed by atoms with Crippen LogP contribution >= 0.6 is 0 Å². The molecule has 1 fully saturated rings. The average Bonchev–Trinajstić information content (AvgIpc) is 3.36. The first kappa shape index (κ1) is 61.0. The van der Waals surface area contributed by atoms with Crippen LogP contribution in [0.15, 0.2) is 83.3 Å². The summed E-state index contributed by atoms with van der Waals surface area (Å²) >= 11 is 0. The molecule has 17 heteroatoms. The van der Waals surface area contributed by atoms with Gasteiger partial charge in [0.2, 0.25) is 5.36 Å². The molecule has 2 aromatic carbocycles. The zero-order valence-corrected chi connectivity index (χ0v) is 48.8. The van der Waals surface area contributed by atoms with Crippen molar-refractivity contribution in [3.8, 4) is 22.5 Å². The van der Waals surface area contributed by atoms with Crippen LogP contribution in [0.25, 0.3) is 33.4 Å². The summed E-state index contributed by atoms with van der Waals surface area (Å²) in [6.07, 6.45) is 0. The van der Waals surface area contributed by atoms with Gasteiger partial charge >= 0.3 is 17.9 Å². The fourth-order valence-electron chi connectivity index (χ4n) is 9.67. The third kappa shape index (κ3) is 18.4. The lowest BCUT2D eigenvalue weighted by Crippen LogP contribution is -2.49. The minimum absolute atomic E-state index is 0.00716. The van der Waals surface area contributed by atoms with Gasteiger partial charge in [0.1, 0.15) is 47.8 Å². The van der Waals surface area contributed by atoms with Crippen LogP contribution in [0.4, 0.5) is 5.69 Å². The second-order valence-electron chi connectivity index (χ2n) is 22.9. The fourth-order valence-corrected chi connectivity index (χ4v) is 9.67. The Morgan fingerprint density at radius 1 is 0.603 bits per heavy atom. The van der Waals surface area contributed by atoms with Gasteiger partial charge < -0.3 is 23.5 Å². The van der Waals surface area contributed by atoms with Gasteiger partial charge in [-0.15, -0.1) is 0 Å². The number of hydrogen-bond donors (Lipinski definition) is 1. The number of carbonyl (C=O) groups is 4. The smallest absolute Gasteiger partial charge is 0.320 e. The van der Waals surface area contributed by atoms with E-state index in [-0.39, 0.29) is 44.1 Å². The van der Waals surface area contributed by atoms with Gasteiger partial charge in [-0.1, -0.05) is 24.3 Å². The second kappa shape index (κ2) is 27.6. The predicted octanol–water partition coefficient (Wildman–Crippen LogP) is 7.87. The van der Waals surface area contributed by atoms with Crippen LogP contribution in [0.5, 0.6) is 0 Å². The molecule has 3 aromatic rings. The summed E-state index contributed by atoms with van der Waals surface area (Å²) in [7, 11) is 0. The zero-order chi connectivity index (χ0) is 56.8. The largest absolute Gasteiger partial charge is 0.459 e. The molecule has 1 amide bonds. The van der Waals surface area contributed by atoms with Gasteiger partial charge in [0.05, 0.1) is 37.1 Å². The molecule has 78 heavy (non-hydrogen) atoms. The zero-order valence-electron chi connectivity index (χ0n) is 48.8. The number of hydroxylamine groups is 1. The normalized spacial score (nSPS) is 15.1. The highest BCUT2D eigenvalue weighted by Crippen LogP contribution is 2.42. The molecule has 0 atom stereocenters. The van der Waals surface area contributed by atoms with Crippen LogP contribution in [0.1, 0.15) is 112 Å². The van der Waals surface area contributed by atoms with E-state index in [1.54, 1.807) is 0 Å². The van der Waals surface area contributed by atoms with Gasteiger partial charge in [-0.2, -0.15) is 0 Å². The van der Waals surface area contributed by atoms with E-state index in [1.165, 1.54) is 0 Å². The highest BCUT2D eigenvalue weighted by atomic mass is 16.7. The van der Waals surface area contributed by atoms with Gasteiger partial charge in [-0.3, -0.25) is 48.6 Å². The monoisotopic (exact) mass is 1080 g/mol. The maximum Gasteiger partial charge on any atom is 0.320 e. The highest BCUT2D eigenvalue weighted by Gasteiger charge is 2.27. The van der Waals surface area contributed by atoms with Crippen molar-refractivity contribution >= 4 is 40.5 Å². The Bertz CT molecular complexity index is 2810. The topological polar surface area (TPSA) is 162 Å². The van der Waals surface area contributed by atoms with Crippen molar-refractivity contribution in [3.05, 3.63) is 101 Å². The van der Waals surface area contributed by atoms with Gasteiger partial charge in [-0.05, 0) is 132 Å². The molecule has 0 bridgehead atoms. The minimum Gasteiger partial charge on any atom is -0.459 e. The van der Waals surface area contributed by atoms with Crippen molar-refractivity contribution < 1.29 is 42.6 Å². The molecule has 424 valence electrons. The number of esters is 3. The molecule has 0 radical (unpaired) electrons. The summed E-state index contributed by atoms with van der Waals surface area (Å²) in [5.41, 5.74) is 6.93. The minimum atomic E-state index is -0.653. The summed E-state index contributed by atoms with van der Waals surface area (Å²) in [6, 6.07) is 25.9. The Balaban J connectivity index is 1.22. The first-order valence-electron chi connectivity index (χ1n) is 27.8. The third-order valence-corrected chi connectivity index (χ3v) is 13.3. The number of aromatic nitrogens is 1. The van der Waals surface area contributed by atoms with Crippen molar-refractivity contribution in [2.45, 2.75) is 120 Å². The Hall–Kier alpha value is -6.24. The van der Waals surface area contributed by atoms with Gasteiger partial charge in [-0.25, -0.2) is 10.1 Å². The number of nitrogens with one attached hydrogen (secondary N) is 1. The number of amides is 1. The number of carbonyl (C=O) groups excluding carboxylic acids is 4. The van der Waals surface area contributed by atoms with E-state index in [0.29, 0.717) is 70.2 Å². The standard InChI is InChI=1S/C61H86N8O9/c1-14-68(15-2)46-25-27-50-52(37-46)75-53-38-47(69(16-3)17-4)26-28-51(53)57(50)48-23-18-19-24-49(48)58(73)63-74-43-45-22-20-21-44(62-45)39-64-29-31-65(40-54(70)76-59(5,6)7)33-35-67(42-56(72)78-61(11,12)13)36-34-66(32-30-64)41-55(71)77-60(8,9)10/h18-28,37-38H,14-17,29-36,39-43H2,1-13H3/p+1. The molecule has 6 rings (SSSR count). The number of hydrogen-bond acceptors (Lipinski definition) is 15. The van der Waals surface area contributed by atoms with Crippen molar-refractivity contribution in [2.75, 3.05) is 103 Å². The lowest BCUT2D eigenvalue weighted by Gasteiger charge is -2.34. The molecular formula is C61H87N8O9+. The lowest BCUT2D eigenvalue weighted by molar-refractivity contribution is -0.158. The van der Waals surface area contributed by atoms with Crippen LogP contribution in [0.2, 0.25) is 0 Å². The van der Waals surface area contributed by atoms with E-state index in [9.17, 15) is 19.2 Å². The first-order chi connectivity index (χ1) is 36.9. The van der Waals surface area contributed by atoms with Gasteiger partial charge in [0.15, 0.2) is 0 Å². The molecule has 0 spiro atoms. The Labute approximate surface area is 462 Å². The maximum absolute atomic E-state index is 14.3. The van der Waals surface area contributed by atoms with E-state index < -0.39 is 22.7 Å². The first-order valence-corrected chi connectivity index (χ1v) is 27.8. The summed E-state index contributed by atoms with van der Waals surface area (Å²) in [5, 5.41) is 1.95. The van der Waals surface area contributed by atoms with Crippen LogP contribution in [0, 0.1) is 0 Å².